The number of rotatable bonds is 9. The Morgan fingerprint density at radius 2 is 2.04 bits per heavy atom. The highest BCUT2D eigenvalue weighted by Crippen LogP contribution is 2.34. The summed E-state index contributed by atoms with van der Waals surface area (Å²) in [6.45, 7) is 2.65. The van der Waals surface area contributed by atoms with Gasteiger partial charge in [0.15, 0.2) is 5.82 Å². The third-order valence-corrected chi connectivity index (χ3v) is 4.35. The number of nitrogens with two attached hydrogens (primary N) is 1. The van der Waals surface area contributed by atoms with Crippen LogP contribution in [0.2, 0.25) is 10.0 Å². The lowest BCUT2D eigenvalue weighted by Crippen LogP contribution is -2.44. The Morgan fingerprint density at radius 3 is 2.69 bits per heavy atom. The molecule has 10 heteroatoms. The summed E-state index contributed by atoms with van der Waals surface area (Å²) in [4.78, 5) is 4.20. The molecule has 2 rings (SSSR count). The van der Waals surface area contributed by atoms with Crippen molar-refractivity contribution in [1.29, 1.82) is 0 Å². The van der Waals surface area contributed by atoms with E-state index in [0.717, 1.165) is 0 Å². The van der Waals surface area contributed by atoms with Gasteiger partial charge >= 0.3 is 0 Å². The molecule has 142 valence electrons. The quantitative estimate of drug-likeness (QED) is 0.547. The zero-order valence-corrected chi connectivity index (χ0v) is 16.0. The van der Waals surface area contributed by atoms with E-state index in [1.807, 2.05) is 0 Å². The number of nitrogens with zero attached hydrogens (tertiary/aromatic N) is 3. The lowest BCUT2D eigenvalue weighted by atomic mass is 10.1. The van der Waals surface area contributed by atoms with E-state index in [0.29, 0.717) is 34.5 Å². The fourth-order valence-electron chi connectivity index (χ4n) is 2.10. The van der Waals surface area contributed by atoms with E-state index < -0.39 is 5.54 Å². The van der Waals surface area contributed by atoms with Gasteiger partial charge in [-0.1, -0.05) is 35.3 Å². The molecule has 1 heterocycles. The minimum atomic E-state index is -0.808. The van der Waals surface area contributed by atoms with Gasteiger partial charge in [0, 0.05) is 12.7 Å². The van der Waals surface area contributed by atoms with Gasteiger partial charge in [0.1, 0.15) is 5.69 Å². The van der Waals surface area contributed by atoms with Crippen molar-refractivity contribution in [1.82, 2.24) is 15.2 Å². The molecule has 0 saturated carbocycles. The first-order chi connectivity index (χ1) is 12.4. The van der Waals surface area contributed by atoms with Crippen molar-refractivity contribution in [3.05, 3.63) is 28.2 Å². The van der Waals surface area contributed by atoms with Gasteiger partial charge in [0.25, 0.3) is 0 Å². The van der Waals surface area contributed by atoms with Crippen molar-refractivity contribution >= 4 is 35.0 Å². The van der Waals surface area contributed by atoms with E-state index in [1.165, 1.54) is 0 Å². The van der Waals surface area contributed by atoms with Crippen molar-refractivity contribution in [2.24, 2.45) is 0 Å². The summed E-state index contributed by atoms with van der Waals surface area (Å²) in [7, 11) is 1.59. The van der Waals surface area contributed by atoms with Crippen molar-refractivity contribution in [3.63, 3.8) is 0 Å². The number of benzene rings is 1. The van der Waals surface area contributed by atoms with Crippen molar-refractivity contribution in [3.8, 4) is 11.3 Å². The number of aromatic nitrogens is 3. The Morgan fingerprint density at radius 1 is 1.27 bits per heavy atom. The van der Waals surface area contributed by atoms with Crippen molar-refractivity contribution < 1.29 is 14.6 Å². The SMILES string of the molecule is COCCOCC(C)(CO)Nc1nnc(-c2cccc(Cl)c2Cl)c(N)n1. The van der Waals surface area contributed by atoms with Gasteiger partial charge in [-0.2, -0.15) is 4.98 Å². The highest BCUT2D eigenvalue weighted by molar-refractivity contribution is 6.43. The number of methoxy groups -OCH3 is 1. The molecule has 0 saturated heterocycles. The van der Waals surface area contributed by atoms with Crippen LogP contribution in [0.3, 0.4) is 0 Å². The van der Waals surface area contributed by atoms with Crippen molar-refractivity contribution in [2.75, 3.05) is 44.6 Å². The molecular formula is C16H21Cl2N5O3. The lowest BCUT2D eigenvalue weighted by Gasteiger charge is -2.28. The molecule has 26 heavy (non-hydrogen) atoms. The van der Waals surface area contributed by atoms with Gasteiger partial charge in [-0.05, 0) is 13.0 Å². The highest BCUT2D eigenvalue weighted by Gasteiger charge is 2.25. The Balaban J connectivity index is 2.16. The molecule has 0 bridgehead atoms. The Labute approximate surface area is 161 Å². The molecule has 2 aromatic rings. The fraction of sp³-hybridized carbons (Fsp3) is 0.438. The van der Waals surface area contributed by atoms with Crippen LogP contribution in [0, 0.1) is 0 Å². The molecule has 1 aromatic carbocycles. The predicted molar refractivity (Wildman–Crippen MR) is 102 cm³/mol. The number of nitrogen functional groups attached to an aromatic ring is 1. The van der Waals surface area contributed by atoms with Crippen LogP contribution in [-0.2, 0) is 9.47 Å². The van der Waals surface area contributed by atoms with E-state index in [2.05, 4.69) is 20.5 Å². The summed E-state index contributed by atoms with van der Waals surface area (Å²) in [5.41, 5.74) is 6.06. The highest BCUT2D eigenvalue weighted by atomic mass is 35.5. The number of hydrogen-bond acceptors (Lipinski definition) is 8. The smallest absolute Gasteiger partial charge is 0.245 e. The molecule has 0 spiro atoms. The third-order valence-electron chi connectivity index (χ3n) is 3.54. The molecule has 0 radical (unpaired) electrons. The zero-order chi connectivity index (χ0) is 19.2. The van der Waals surface area contributed by atoms with Gasteiger partial charge < -0.3 is 25.6 Å². The standard InChI is InChI=1S/C16H21Cl2N5O3/c1-16(8-24,9-26-7-6-25-2)21-15-20-14(19)13(22-23-15)10-4-3-5-11(17)12(10)18/h3-5,24H,6-9H2,1-2H3,(H3,19,20,21,23). The maximum atomic E-state index is 9.66. The van der Waals surface area contributed by atoms with Crippen LogP contribution < -0.4 is 11.1 Å². The predicted octanol–water partition coefficient (Wildman–Crippen LogP) is 2.25. The Hall–Kier alpha value is -1.71. The normalized spacial score (nSPS) is 13.4. The molecule has 8 nitrogen and oxygen atoms in total. The molecular weight excluding hydrogens is 381 g/mol. The van der Waals surface area contributed by atoms with Gasteiger partial charge in [-0.15, -0.1) is 10.2 Å². The molecule has 0 aliphatic carbocycles. The summed E-state index contributed by atoms with van der Waals surface area (Å²) < 4.78 is 10.4. The van der Waals surface area contributed by atoms with Gasteiger partial charge in [0.2, 0.25) is 5.95 Å². The first-order valence-electron chi connectivity index (χ1n) is 7.80. The number of halogens is 2. The molecule has 0 amide bonds. The number of anilines is 2. The minimum Gasteiger partial charge on any atom is -0.394 e. The molecule has 1 atom stereocenters. The van der Waals surface area contributed by atoms with Crippen LogP contribution in [0.25, 0.3) is 11.3 Å². The van der Waals surface area contributed by atoms with Crippen LogP contribution >= 0.6 is 23.2 Å². The van der Waals surface area contributed by atoms with E-state index in [1.54, 1.807) is 32.2 Å². The summed E-state index contributed by atoms with van der Waals surface area (Å²) in [5, 5.41) is 21.5. The number of ether oxygens (including phenoxy) is 2. The van der Waals surface area contributed by atoms with Crippen molar-refractivity contribution in [2.45, 2.75) is 12.5 Å². The number of nitrogens with one attached hydrogen (secondary N) is 1. The van der Waals surface area contributed by atoms with Crippen LogP contribution in [0.5, 0.6) is 0 Å². The van der Waals surface area contributed by atoms with Crippen LogP contribution in [0.4, 0.5) is 11.8 Å². The molecule has 1 aromatic heterocycles. The average molecular weight is 402 g/mol. The van der Waals surface area contributed by atoms with E-state index >= 15 is 0 Å². The topological polar surface area (TPSA) is 115 Å². The zero-order valence-electron chi connectivity index (χ0n) is 14.5. The molecule has 1 unspecified atom stereocenters. The molecule has 0 aliphatic rings. The lowest BCUT2D eigenvalue weighted by molar-refractivity contribution is 0.0370. The van der Waals surface area contributed by atoms with Crippen LogP contribution in [0.1, 0.15) is 6.92 Å². The summed E-state index contributed by atoms with van der Waals surface area (Å²) in [5.74, 6) is 0.295. The average Bonchev–Trinajstić information content (AvgIpc) is 2.62. The van der Waals surface area contributed by atoms with E-state index in [4.69, 9.17) is 38.4 Å². The second kappa shape index (κ2) is 9.29. The first-order valence-corrected chi connectivity index (χ1v) is 8.56. The first kappa shape index (κ1) is 20.6. The van der Waals surface area contributed by atoms with Gasteiger partial charge in [-0.25, -0.2) is 0 Å². The molecule has 0 fully saturated rings. The maximum Gasteiger partial charge on any atom is 0.245 e. The van der Waals surface area contributed by atoms with E-state index in [-0.39, 0.29) is 25.0 Å². The monoisotopic (exact) mass is 401 g/mol. The largest absolute Gasteiger partial charge is 0.394 e. The number of hydrogen-bond donors (Lipinski definition) is 3. The second-order valence-corrected chi connectivity index (χ2v) is 6.64. The van der Waals surface area contributed by atoms with E-state index in [9.17, 15) is 5.11 Å². The Kier molecular flexibility index (Phi) is 7.36. The van der Waals surface area contributed by atoms with Crippen LogP contribution in [0.15, 0.2) is 18.2 Å². The molecule has 0 aliphatic heterocycles. The Bertz CT molecular complexity index is 750. The second-order valence-electron chi connectivity index (χ2n) is 5.86. The fourth-order valence-corrected chi connectivity index (χ4v) is 2.49. The third kappa shape index (κ3) is 5.15. The summed E-state index contributed by atoms with van der Waals surface area (Å²) in [6, 6.07) is 5.12. The van der Waals surface area contributed by atoms with Crippen LogP contribution in [-0.4, -0.2) is 59.4 Å². The summed E-state index contributed by atoms with van der Waals surface area (Å²) >= 11 is 12.2. The molecule has 4 N–H and O–H groups in total. The maximum absolute atomic E-state index is 9.66. The number of aliphatic hydroxyl groups excluding tert-OH is 1. The van der Waals surface area contributed by atoms with Gasteiger partial charge in [0.05, 0.1) is 42.0 Å². The summed E-state index contributed by atoms with van der Waals surface area (Å²) in [6.07, 6.45) is 0. The number of aliphatic hydroxyl groups is 1. The minimum absolute atomic E-state index is 0.132. The van der Waals surface area contributed by atoms with Gasteiger partial charge in [-0.3, -0.25) is 0 Å².